The highest BCUT2D eigenvalue weighted by Gasteiger charge is 2.23. The predicted molar refractivity (Wildman–Crippen MR) is 125 cm³/mol. The normalized spacial score (nSPS) is 17.4. The third kappa shape index (κ3) is 7.91. The monoisotopic (exact) mass is 532 g/mol. The Balaban J connectivity index is 0.00000338. The van der Waals surface area contributed by atoms with Gasteiger partial charge in [0.1, 0.15) is 0 Å². The number of guanidine groups is 1. The molecule has 1 aromatic rings. The molecule has 1 aliphatic rings. The number of thiophene rings is 1. The van der Waals surface area contributed by atoms with Gasteiger partial charge in [-0.05, 0) is 18.4 Å². The number of hydrogen-bond donors (Lipinski definition) is 2. The third-order valence-electron chi connectivity index (χ3n) is 3.91. The minimum absolute atomic E-state index is 0. The van der Waals surface area contributed by atoms with Crippen LogP contribution in [0.25, 0.3) is 0 Å². The second-order valence-electron chi connectivity index (χ2n) is 5.89. The maximum Gasteiger partial charge on any atom is 0.215 e. The van der Waals surface area contributed by atoms with Gasteiger partial charge in [-0.3, -0.25) is 4.99 Å². The lowest BCUT2D eigenvalue weighted by Gasteiger charge is -2.25. The van der Waals surface area contributed by atoms with Crippen molar-refractivity contribution in [2.45, 2.75) is 19.8 Å². The molecule has 1 fully saturated rings. The van der Waals surface area contributed by atoms with Gasteiger partial charge in [-0.15, -0.1) is 35.3 Å². The Morgan fingerprint density at radius 3 is 2.69 bits per heavy atom. The van der Waals surface area contributed by atoms with Gasteiger partial charge < -0.3 is 10.6 Å². The lowest BCUT2D eigenvalue weighted by atomic mass is 10.1. The number of hydrogen-bond acceptors (Lipinski definition) is 5. The van der Waals surface area contributed by atoms with Crippen LogP contribution < -0.4 is 10.6 Å². The van der Waals surface area contributed by atoms with E-state index < -0.39 is 10.0 Å². The van der Waals surface area contributed by atoms with Crippen LogP contribution in [-0.4, -0.2) is 68.7 Å². The zero-order valence-electron chi connectivity index (χ0n) is 15.3. The molecule has 1 atom stereocenters. The van der Waals surface area contributed by atoms with E-state index in [0.717, 1.165) is 18.1 Å². The zero-order chi connectivity index (χ0) is 18.1. The number of aliphatic imine (C=N–C) groups is 1. The van der Waals surface area contributed by atoms with E-state index in [4.69, 9.17) is 0 Å². The first-order valence-electron chi connectivity index (χ1n) is 8.64. The minimum atomic E-state index is -3.18. The van der Waals surface area contributed by atoms with Crippen LogP contribution >= 0.6 is 47.1 Å². The number of nitrogens with one attached hydrogen (secondary N) is 2. The van der Waals surface area contributed by atoms with E-state index in [9.17, 15) is 8.42 Å². The van der Waals surface area contributed by atoms with Crippen LogP contribution in [0.2, 0.25) is 0 Å². The summed E-state index contributed by atoms with van der Waals surface area (Å²) in [6.45, 7) is 7.19. The summed E-state index contributed by atoms with van der Waals surface area (Å²) in [6, 6.07) is 4.17. The average Bonchev–Trinajstić information content (AvgIpc) is 3.15. The summed E-state index contributed by atoms with van der Waals surface area (Å²) >= 11 is 3.54. The minimum Gasteiger partial charge on any atom is -0.357 e. The number of thioether (sulfide) groups is 1. The molecule has 1 saturated heterocycles. The van der Waals surface area contributed by atoms with Gasteiger partial charge in [0.25, 0.3) is 0 Å². The van der Waals surface area contributed by atoms with E-state index in [1.165, 1.54) is 4.88 Å². The SMILES string of the molecule is CCNC(=NCC(C)c1cccs1)NCCS(=O)(=O)N1CCSCC1.I. The van der Waals surface area contributed by atoms with Crippen LogP contribution in [0, 0.1) is 0 Å². The molecule has 26 heavy (non-hydrogen) atoms. The fourth-order valence-corrected chi connectivity index (χ4v) is 5.75. The van der Waals surface area contributed by atoms with E-state index in [-0.39, 0.29) is 29.7 Å². The second kappa shape index (κ2) is 12.4. The Morgan fingerprint density at radius 1 is 1.35 bits per heavy atom. The van der Waals surface area contributed by atoms with E-state index in [1.54, 1.807) is 15.6 Å². The maximum absolute atomic E-state index is 12.4. The quantitative estimate of drug-likeness (QED) is 0.306. The molecule has 0 bridgehead atoms. The highest BCUT2D eigenvalue weighted by Crippen LogP contribution is 2.20. The van der Waals surface area contributed by atoms with Crippen LogP contribution in [0.5, 0.6) is 0 Å². The van der Waals surface area contributed by atoms with Crippen LogP contribution in [-0.2, 0) is 10.0 Å². The lowest BCUT2D eigenvalue weighted by Crippen LogP contribution is -2.44. The first-order chi connectivity index (χ1) is 12.0. The van der Waals surface area contributed by atoms with Crippen LogP contribution in [0.4, 0.5) is 0 Å². The van der Waals surface area contributed by atoms with Crippen molar-refractivity contribution in [3.8, 4) is 0 Å². The molecular weight excluding hydrogens is 503 g/mol. The summed E-state index contributed by atoms with van der Waals surface area (Å²) in [4.78, 5) is 5.90. The first kappa shape index (κ1) is 24.0. The molecule has 2 rings (SSSR count). The van der Waals surface area contributed by atoms with Gasteiger partial charge in [-0.1, -0.05) is 13.0 Å². The molecule has 2 N–H and O–H groups in total. The van der Waals surface area contributed by atoms with Crippen molar-refractivity contribution in [1.29, 1.82) is 0 Å². The topological polar surface area (TPSA) is 73.8 Å². The summed E-state index contributed by atoms with van der Waals surface area (Å²) in [7, 11) is -3.18. The van der Waals surface area contributed by atoms with Crippen molar-refractivity contribution in [2.24, 2.45) is 4.99 Å². The highest BCUT2D eigenvalue weighted by molar-refractivity contribution is 14.0. The molecule has 1 aromatic heterocycles. The van der Waals surface area contributed by atoms with E-state index in [0.29, 0.717) is 38.1 Å². The van der Waals surface area contributed by atoms with Crippen molar-refractivity contribution < 1.29 is 8.42 Å². The van der Waals surface area contributed by atoms with Gasteiger partial charge >= 0.3 is 0 Å². The Morgan fingerprint density at radius 2 is 2.08 bits per heavy atom. The zero-order valence-corrected chi connectivity index (χ0v) is 20.1. The summed E-state index contributed by atoms with van der Waals surface area (Å²) in [5, 5.41) is 8.40. The van der Waals surface area contributed by atoms with E-state index in [2.05, 4.69) is 34.0 Å². The molecule has 0 radical (unpaired) electrons. The molecule has 10 heteroatoms. The summed E-state index contributed by atoms with van der Waals surface area (Å²) in [6.07, 6.45) is 0. The van der Waals surface area contributed by atoms with E-state index in [1.807, 2.05) is 24.8 Å². The fraction of sp³-hybridized carbons (Fsp3) is 0.688. The Kier molecular flexibility index (Phi) is 11.5. The van der Waals surface area contributed by atoms with Crippen molar-refractivity contribution >= 4 is 63.1 Å². The second-order valence-corrected chi connectivity index (χ2v) is 10.2. The predicted octanol–water partition coefficient (Wildman–Crippen LogP) is 2.40. The molecule has 6 nitrogen and oxygen atoms in total. The van der Waals surface area contributed by atoms with Crippen molar-refractivity contribution in [1.82, 2.24) is 14.9 Å². The summed E-state index contributed by atoms with van der Waals surface area (Å²) < 4.78 is 26.3. The van der Waals surface area contributed by atoms with Crippen LogP contribution in [0.1, 0.15) is 24.6 Å². The fourth-order valence-electron chi connectivity index (χ4n) is 2.48. The Bertz CT molecular complexity index is 632. The smallest absolute Gasteiger partial charge is 0.215 e. The van der Waals surface area contributed by atoms with Crippen LogP contribution in [0.3, 0.4) is 0 Å². The van der Waals surface area contributed by atoms with Gasteiger partial charge in [0, 0.05) is 48.5 Å². The van der Waals surface area contributed by atoms with Gasteiger partial charge in [0.15, 0.2) is 5.96 Å². The molecular formula is C16H29IN4O2S3. The molecule has 0 aromatic carbocycles. The molecule has 0 amide bonds. The lowest BCUT2D eigenvalue weighted by molar-refractivity contribution is 0.443. The van der Waals surface area contributed by atoms with Crippen LogP contribution in [0.15, 0.2) is 22.5 Å². The molecule has 0 aliphatic carbocycles. The van der Waals surface area contributed by atoms with Gasteiger partial charge in [0.2, 0.25) is 10.0 Å². The van der Waals surface area contributed by atoms with Gasteiger partial charge in [-0.2, -0.15) is 11.8 Å². The molecule has 2 heterocycles. The average molecular weight is 533 g/mol. The number of nitrogens with zero attached hydrogens (tertiary/aromatic N) is 2. The molecule has 0 spiro atoms. The third-order valence-corrected chi connectivity index (χ3v) is 7.83. The first-order valence-corrected chi connectivity index (χ1v) is 12.3. The highest BCUT2D eigenvalue weighted by atomic mass is 127. The standard InChI is InChI=1S/C16H28N4O2S3.HI/c1-3-17-16(19-13-14(2)15-5-4-9-24-15)18-6-12-25(21,22)20-7-10-23-11-8-20;/h4-5,9,14H,3,6-8,10-13H2,1-2H3,(H2,17,18,19);1H. The van der Waals surface area contributed by atoms with Gasteiger partial charge in [0.05, 0.1) is 12.3 Å². The molecule has 150 valence electrons. The number of halogens is 1. The Labute approximate surface area is 182 Å². The Hall–Kier alpha value is -0.0400. The van der Waals surface area contributed by atoms with E-state index >= 15 is 0 Å². The number of rotatable bonds is 8. The van der Waals surface area contributed by atoms with Crippen molar-refractivity contribution in [3.63, 3.8) is 0 Å². The molecule has 1 aliphatic heterocycles. The van der Waals surface area contributed by atoms with Crippen molar-refractivity contribution in [2.75, 3.05) is 50.0 Å². The molecule has 1 unspecified atom stereocenters. The summed E-state index contributed by atoms with van der Waals surface area (Å²) in [5.74, 6) is 2.90. The maximum atomic E-state index is 12.4. The van der Waals surface area contributed by atoms with Gasteiger partial charge in [-0.25, -0.2) is 12.7 Å². The number of sulfonamides is 1. The molecule has 0 saturated carbocycles. The summed E-state index contributed by atoms with van der Waals surface area (Å²) in [5.41, 5.74) is 0. The largest absolute Gasteiger partial charge is 0.357 e. The van der Waals surface area contributed by atoms with Crippen molar-refractivity contribution in [3.05, 3.63) is 22.4 Å².